The van der Waals surface area contributed by atoms with Crippen molar-refractivity contribution in [3.63, 3.8) is 0 Å². The minimum atomic E-state index is -1.50. The number of nitrogens with one attached hydrogen (secondary N) is 4. The maximum absolute atomic E-state index is 14.4. The predicted octanol–water partition coefficient (Wildman–Crippen LogP) is -0.00800. The van der Waals surface area contributed by atoms with Crippen molar-refractivity contribution in [1.29, 1.82) is 0 Å². The largest absolute Gasteiger partial charge is 0.391 e. The van der Waals surface area contributed by atoms with Gasteiger partial charge in [0.25, 0.3) is 0 Å². The zero-order chi connectivity index (χ0) is 36.8. The first-order valence-corrected chi connectivity index (χ1v) is 16.9. The van der Waals surface area contributed by atoms with Crippen molar-refractivity contribution in [3.05, 3.63) is 0 Å². The number of carbonyl (C=O) groups is 6. The standard InChI is InChI=1S/C33H56N6O9/c1-14(2)20-26(41)37-23(17(7)40)27(42)35-21(15(3)4)30(45)39-25(19(9)48-33(39,12)13)29(44)36-22(16(5)6)31(46)38-24(28(43)34-20)18(8)47-32(38,10)11/h14-25,40H,1-13H3,(H,34,43)(H,35,42)(H,36,44)(H,37,41)/t17-,18-,19-,20+,21+,22+,23+,24+,25+/m1/s1. The molecule has 5 N–H and O–H groups in total. The fourth-order valence-corrected chi connectivity index (χ4v) is 6.94. The minimum absolute atomic E-state index is 0.452. The van der Waals surface area contributed by atoms with E-state index in [1.165, 1.54) is 16.7 Å². The van der Waals surface area contributed by atoms with E-state index in [9.17, 15) is 33.9 Å². The number of ether oxygens (including phenoxy) is 2. The van der Waals surface area contributed by atoms with Gasteiger partial charge in [-0.1, -0.05) is 41.5 Å². The van der Waals surface area contributed by atoms with E-state index in [2.05, 4.69) is 21.3 Å². The Bertz CT molecular complexity index is 1280. The van der Waals surface area contributed by atoms with Gasteiger partial charge >= 0.3 is 0 Å². The topological polar surface area (TPSA) is 196 Å². The summed E-state index contributed by atoms with van der Waals surface area (Å²) in [6, 6.07) is -7.38. The molecule has 3 aliphatic heterocycles. The molecule has 0 aromatic heterocycles. The second-order valence-electron chi connectivity index (χ2n) is 15.3. The molecule has 0 aliphatic carbocycles. The molecule has 9 atom stereocenters. The van der Waals surface area contributed by atoms with Gasteiger partial charge in [0.2, 0.25) is 35.4 Å². The Kier molecular flexibility index (Phi) is 11.6. The van der Waals surface area contributed by atoms with Crippen molar-refractivity contribution >= 4 is 35.4 Å². The number of rotatable bonds is 4. The highest BCUT2D eigenvalue weighted by Gasteiger charge is 2.56. The highest BCUT2D eigenvalue weighted by molar-refractivity contribution is 5.99. The van der Waals surface area contributed by atoms with Gasteiger partial charge in [0.15, 0.2) is 0 Å². The van der Waals surface area contributed by atoms with Gasteiger partial charge in [-0.25, -0.2) is 0 Å². The normalized spacial score (nSPS) is 34.3. The number of carbonyl (C=O) groups excluding carboxylic acids is 6. The van der Waals surface area contributed by atoms with Gasteiger partial charge in [0, 0.05) is 0 Å². The van der Waals surface area contributed by atoms with E-state index in [4.69, 9.17) is 9.47 Å². The number of nitrogens with zero attached hydrogens (tertiary/aromatic N) is 2. The van der Waals surface area contributed by atoms with E-state index in [1.54, 1.807) is 83.1 Å². The Morgan fingerprint density at radius 1 is 0.542 bits per heavy atom. The first-order chi connectivity index (χ1) is 21.9. The van der Waals surface area contributed by atoms with Crippen LogP contribution in [0.25, 0.3) is 0 Å². The van der Waals surface area contributed by atoms with Crippen molar-refractivity contribution in [2.24, 2.45) is 17.8 Å². The number of hydrogen-bond acceptors (Lipinski definition) is 9. The molecule has 272 valence electrons. The third-order valence-electron chi connectivity index (χ3n) is 9.34. The monoisotopic (exact) mass is 680 g/mol. The lowest BCUT2D eigenvalue weighted by Gasteiger charge is -2.39. The third kappa shape index (κ3) is 7.62. The molecule has 3 rings (SSSR count). The van der Waals surface area contributed by atoms with Gasteiger partial charge in [-0.3, -0.25) is 38.6 Å². The van der Waals surface area contributed by atoms with Crippen LogP contribution in [-0.4, -0.2) is 116 Å². The van der Waals surface area contributed by atoms with Crippen molar-refractivity contribution in [1.82, 2.24) is 31.1 Å². The Labute approximate surface area is 283 Å². The van der Waals surface area contributed by atoms with Gasteiger partial charge in [0.1, 0.15) is 47.7 Å². The van der Waals surface area contributed by atoms with Crippen LogP contribution in [0.3, 0.4) is 0 Å². The summed E-state index contributed by atoms with van der Waals surface area (Å²) in [5, 5.41) is 21.4. The lowest BCUT2D eigenvalue weighted by molar-refractivity contribution is -0.157. The van der Waals surface area contributed by atoms with E-state index in [0.29, 0.717) is 0 Å². The maximum Gasteiger partial charge on any atom is 0.248 e. The van der Waals surface area contributed by atoms with Crippen LogP contribution in [0.5, 0.6) is 0 Å². The van der Waals surface area contributed by atoms with Crippen LogP contribution in [0.4, 0.5) is 0 Å². The van der Waals surface area contributed by atoms with Crippen molar-refractivity contribution in [2.45, 2.75) is 156 Å². The molecular formula is C33H56N6O9. The van der Waals surface area contributed by atoms with E-state index in [-0.39, 0.29) is 0 Å². The van der Waals surface area contributed by atoms with Crippen LogP contribution in [0.1, 0.15) is 90.0 Å². The van der Waals surface area contributed by atoms with E-state index in [1.807, 2.05) is 0 Å². The summed E-state index contributed by atoms with van der Waals surface area (Å²) in [5.74, 6) is -5.50. The molecule has 0 saturated carbocycles. The van der Waals surface area contributed by atoms with Crippen LogP contribution < -0.4 is 21.3 Å². The molecule has 48 heavy (non-hydrogen) atoms. The molecule has 3 fully saturated rings. The van der Waals surface area contributed by atoms with E-state index < -0.39 is 119 Å². The smallest absolute Gasteiger partial charge is 0.248 e. The average Bonchev–Trinajstić information content (AvgIpc) is 3.34. The SMILES string of the molecule is CC(C)[C@@H]1NC(=O)[C@@H]2[C@@H](C)OC(C)(C)N2C(=O)[C@H](C(C)C)NC(=O)[C@@H]2[C@@H](C)OC(C)(C)N2C(=O)[C@H](C(C)C)NC(=O)[C@H]([C@@H](C)O)NC1=O. The second kappa shape index (κ2) is 14.3. The summed E-state index contributed by atoms with van der Waals surface area (Å²) < 4.78 is 12.2. The zero-order valence-corrected chi connectivity index (χ0v) is 30.5. The molecule has 15 nitrogen and oxygen atoms in total. The molecule has 0 aromatic carbocycles. The van der Waals surface area contributed by atoms with Crippen molar-refractivity contribution < 1.29 is 43.3 Å². The maximum atomic E-state index is 14.4. The molecule has 0 bridgehead atoms. The summed E-state index contributed by atoms with van der Waals surface area (Å²) in [5.41, 5.74) is -2.57. The summed E-state index contributed by atoms with van der Waals surface area (Å²) in [4.78, 5) is 86.9. The van der Waals surface area contributed by atoms with Gasteiger partial charge in [0.05, 0.1) is 18.3 Å². The quantitative estimate of drug-likeness (QED) is 0.271. The predicted molar refractivity (Wildman–Crippen MR) is 174 cm³/mol. The summed E-state index contributed by atoms with van der Waals surface area (Å²) in [6.45, 7) is 21.5. The van der Waals surface area contributed by atoms with Crippen molar-refractivity contribution in [3.8, 4) is 0 Å². The molecule has 0 spiro atoms. The highest BCUT2D eigenvalue weighted by Crippen LogP contribution is 2.36. The molecule has 3 saturated heterocycles. The lowest BCUT2D eigenvalue weighted by atomic mass is 9.96. The number of fused-ring (bicyclic) bond motifs is 2. The lowest BCUT2D eigenvalue weighted by Crippen LogP contribution is -2.66. The summed E-state index contributed by atoms with van der Waals surface area (Å²) in [6.07, 6.45) is -2.99. The Balaban J connectivity index is 2.23. The van der Waals surface area contributed by atoms with Crippen LogP contribution in [0, 0.1) is 17.8 Å². The zero-order valence-electron chi connectivity index (χ0n) is 30.5. The third-order valence-corrected chi connectivity index (χ3v) is 9.34. The van der Waals surface area contributed by atoms with Gasteiger partial charge in [-0.15, -0.1) is 0 Å². The molecule has 3 aliphatic rings. The van der Waals surface area contributed by atoms with Crippen LogP contribution in [0.2, 0.25) is 0 Å². The Morgan fingerprint density at radius 2 is 0.833 bits per heavy atom. The van der Waals surface area contributed by atoms with Gasteiger partial charge < -0.3 is 35.8 Å². The first kappa shape index (κ1) is 39.1. The molecule has 0 aromatic rings. The second-order valence-corrected chi connectivity index (χ2v) is 15.3. The first-order valence-electron chi connectivity index (χ1n) is 16.9. The number of amides is 6. The Morgan fingerprint density at radius 3 is 1.17 bits per heavy atom. The molecule has 3 heterocycles. The molecular weight excluding hydrogens is 624 g/mol. The molecule has 6 amide bonds. The van der Waals surface area contributed by atoms with Crippen molar-refractivity contribution in [2.75, 3.05) is 0 Å². The van der Waals surface area contributed by atoms with Gasteiger partial charge in [-0.05, 0) is 66.2 Å². The van der Waals surface area contributed by atoms with Crippen LogP contribution in [0.15, 0.2) is 0 Å². The van der Waals surface area contributed by atoms with E-state index in [0.717, 1.165) is 0 Å². The highest BCUT2D eigenvalue weighted by atomic mass is 16.5. The van der Waals surface area contributed by atoms with Crippen LogP contribution >= 0.6 is 0 Å². The fourth-order valence-electron chi connectivity index (χ4n) is 6.94. The summed E-state index contributed by atoms with van der Waals surface area (Å²) >= 11 is 0. The number of aliphatic hydroxyl groups excluding tert-OH is 1. The fraction of sp³-hybridized carbons (Fsp3) is 0.818. The number of aliphatic hydroxyl groups is 1. The Hall–Kier alpha value is -3.30. The molecule has 0 radical (unpaired) electrons. The van der Waals surface area contributed by atoms with Gasteiger partial charge in [-0.2, -0.15) is 0 Å². The number of hydrogen-bond donors (Lipinski definition) is 5. The summed E-state index contributed by atoms with van der Waals surface area (Å²) in [7, 11) is 0. The minimum Gasteiger partial charge on any atom is -0.391 e. The molecule has 0 unspecified atom stereocenters. The molecule has 15 heteroatoms. The van der Waals surface area contributed by atoms with Crippen LogP contribution in [-0.2, 0) is 38.2 Å². The van der Waals surface area contributed by atoms with E-state index >= 15 is 0 Å². The average molecular weight is 681 g/mol.